The van der Waals surface area contributed by atoms with E-state index in [1.807, 2.05) is 18.2 Å². The van der Waals surface area contributed by atoms with Gasteiger partial charge in [0, 0.05) is 12.1 Å². The first kappa shape index (κ1) is 17.4. The van der Waals surface area contributed by atoms with Gasteiger partial charge in [0.25, 0.3) is 5.69 Å². The number of nitro groups is 1. The van der Waals surface area contributed by atoms with Gasteiger partial charge in [0.15, 0.2) is 0 Å². The van der Waals surface area contributed by atoms with Crippen molar-refractivity contribution in [1.82, 2.24) is 0 Å². The standard InChI is InChI=1S/C18H16N2O6/c21-17(22)13-6-9-15(16(10-13)20(24)25)19(14-7-8-14)18(23)26-11-12-4-2-1-3-5-12/h1-6,9-10,14H,7-8,11H2,(H,21,22). The Morgan fingerprint density at radius 1 is 1.19 bits per heavy atom. The van der Waals surface area contributed by atoms with E-state index < -0.39 is 22.7 Å². The summed E-state index contributed by atoms with van der Waals surface area (Å²) >= 11 is 0. The summed E-state index contributed by atoms with van der Waals surface area (Å²) in [6.07, 6.45) is 0.721. The second-order valence-corrected chi connectivity index (χ2v) is 5.91. The maximum absolute atomic E-state index is 12.6. The van der Waals surface area contributed by atoms with Gasteiger partial charge in [-0.15, -0.1) is 0 Å². The van der Waals surface area contributed by atoms with Crippen molar-refractivity contribution in [2.45, 2.75) is 25.5 Å². The number of anilines is 1. The van der Waals surface area contributed by atoms with Crippen LogP contribution in [-0.2, 0) is 11.3 Å². The minimum atomic E-state index is -1.27. The van der Waals surface area contributed by atoms with Crippen LogP contribution in [0.25, 0.3) is 0 Å². The Morgan fingerprint density at radius 3 is 2.46 bits per heavy atom. The average Bonchev–Trinajstić information content (AvgIpc) is 3.46. The second-order valence-electron chi connectivity index (χ2n) is 5.91. The maximum Gasteiger partial charge on any atom is 0.415 e. The number of hydrogen-bond acceptors (Lipinski definition) is 5. The third-order valence-electron chi connectivity index (χ3n) is 3.99. The zero-order valence-corrected chi connectivity index (χ0v) is 13.7. The van der Waals surface area contributed by atoms with Crippen LogP contribution < -0.4 is 4.90 Å². The Kier molecular flexibility index (Phi) is 4.83. The second kappa shape index (κ2) is 7.22. The molecule has 3 rings (SSSR count). The first-order valence-electron chi connectivity index (χ1n) is 7.99. The van der Waals surface area contributed by atoms with Gasteiger partial charge in [-0.2, -0.15) is 0 Å². The number of nitro benzene ring substituents is 1. The Balaban J connectivity index is 1.87. The molecule has 2 aromatic rings. The lowest BCUT2D eigenvalue weighted by atomic mass is 10.1. The molecule has 1 N–H and O–H groups in total. The van der Waals surface area contributed by atoms with Gasteiger partial charge < -0.3 is 9.84 Å². The van der Waals surface area contributed by atoms with Crippen LogP contribution in [0.4, 0.5) is 16.2 Å². The summed E-state index contributed by atoms with van der Waals surface area (Å²) in [6.45, 7) is 0.0455. The van der Waals surface area contributed by atoms with Crippen LogP contribution in [0.2, 0.25) is 0 Å². The van der Waals surface area contributed by atoms with Crippen LogP contribution in [0, 0.1) is 10.1 Å². The number of carboxylic acids is 1. The Bertz CT molecular complexity index is 848. The summed E-state index contributed by atoms with van der Waals surface area (Å²) in [7, 11) is 0. The van der Waals surface area contributed by atoms with Crippen molar-refractivity contribution in [3.63, 3.8) is 0 Å². The molecule has 1 aliphatic rings. The molecule has 8 nitrogen and oxygen atoms in total. The van der Waals surface area contributed by atoms with E-state index in [9.17, 15) is 19.7 Å². The number of amides is 1. The zero-order chi connectivity index (χ0) is 18.7. The van der Waals surface area contributed by atoms with E-state index in [0.29, 0.717) is 12.8 Å². The number of hydrogen-bond donors (Lipinski definition) is 1. The summed E-state index contributed by atoms with van der Waals surface area (Å²) in [6, 6.07) is 12.4. The molecule has 8 heteroatoms. The van der Waals surface area contributed by atoms with Gasteiger partial charge >= 0.3 is 12.1 Å². The van der Waals surface area contributed by atoms with Gasteiger partial charge in [0.05, 0.1) is 10.5 Å². The lowest BCUT2D eigenvalue weighted by molar-refractivity contribution is -0.384. The van der Waals surface area contributed by atoms with Crippen LogP contribution in [-0.4, -0.2) is 28.1 Å². The highest BCUT2D eigenvalue weighted by molar-refractivity contribution is 5.95. The lowest BCUT2D eigenvalue weighted by Crippen LogP contribution is -2.34. The van der Waals surface area contributed by atoms with Crippen molar-refractivity contribution in [3.05, 3.63) is 69.8 Å². The Hall–Kier alpha value is -3.42. The Morgan fingerprint density at radius 2 is 1.88 bits per heavy atom. The molecule has 1 aliphatic carbocycles. The van der Waals surface area contributed by atoms with E-state index in [4.69, 9.17) is 9.84 Å². The predicted molar refractivity (Wildman–Crippen MR) is 92.2 cm³/mol. The number of rotatable bonds is 6. The highest BCUT2D eigenvalue weighted by Gasteiger charge is 2.38. The van der Waals surface area contributed by atoms with Gasteiger partial charge in [-0.1, -0.05) is 30.3 Å². The van der Waals surface area contributed by atoms with Crippen molar-refractivity contribution in [2.75, 3.05) is 4.90 Å². The fourth-order valence-corrected chi connectivity index (χ4v) is 2.57. The third kappa shape index (κ3) is 3.80. The number of carbonyl (C=O) groups excluding carboxylic acids is 1. The van der Waals surface area contributed by atoms with Crippen molar-refractivity contribution < 1.29 is 24.4 Å². The minimum absolute atomic E-state index is 0.0422. The fraction of sp³-hybridized carbons (Fsp3) is 0.222. The topological polar surface area (TPSA) is 110 Å². The molecule has 0 aromatic heterocycles. The van der Waals surface area contributed by atoms with E-state index in [2.05, 4.69) is 0 Å². The van der Waals surface area contributed by atoms with E-state index in [-0.39, 0.29) is 23.9 Å². The molecule has 1 amide bonds. The van der Waals surface area contributed by atoms with Gasteiger partial charge in [-0.05, 0) is 30.5 Å². The van der Waals surface area contributed by atoms with Gasteiger partial charge in [-0.3, -0.25) is 15.0 Å². The van der Waals surface area contributed by atoms with Crippen LogP contribution in [0.15, 0.2) is 48.5 Å². The molecule has 0 saturated heterocycles. The minimum Gasteiger partial charge on any atom is -0.478 e. The first-order chi connectivity index (χ1) is 12.5. The van der Waals surface area contributed by atoms with Crippen LogP contribution in [0.5, 0.6) is 0 Å². The van der Waals surface area contributed by atoms with Crippen molar-refractivity contribution in [2.24, 2.45) is 0 Å². The van der Waals surface area contributed by atoms with Crippen LogP contribution >= 0.6 is 0 Å². The molecule has 26 heavy (non-hydrogen) atoms. The molecule has 0 radical (unpaired) electrons. The maximum atomic E-state index is 12.6. The molecule has 0 bridgehead atoms. The monoisotopic (exact) mass is 356 g/mol. The van der Waals surface area contributed by atoms with E-state index in [0.717, 1.165) is 11.6 Å². The van der Waals surface area contributed by atoms with Crippen LogP contribution in [0.3, 0.4) is 0 Å². The third-order valence-corrected chi connectivity index (χ3v) is 3.99. The smallest absolute Gasteiger partial charge is 0.415 e. The molecule has 0 spiro atoms. The van der Waals surface area contributed by atoms with Crippen molar-refractivity contribution in [1.29, 1.82) is 0 Å². The molecule has 0 unspecified atom stereocenters. The summed E-state index contributed by atoms with van der Waals surface area (Å²) < 4.78 is 5.31. The molecule has 2 aromatic carbocycles. The van der Waals surface area contributed by atoms with Gasteiger partial charge in [0.1, 0.15) is 12.3 Å². The van der Waals surface area contributed by atoms with Gasteiger partial charge in [-0.25, -0.2) is 9.59 Å². The number of ether oxygens (including phenoxy) is 1. The first-order valence-corrected chi connectivity index (χ1v) is 7.99. The summed E-state index contributed by atoms with van der Waals surface area (Å²) in [5.74, 6) is -1.27. The molecular formula is C18H16N2O6. The molecule has 0 aliphatic heterocycles. The summed E-state index contributed by atoms with van der Waals surface area (Å²) in [4.78, 5) is 35.6. The summed E-state index contributed by atoms with van der Waals surface area (Å²) in [5, 5.41) is 20.4. The van der Waals surface area contributed by atoms with Crippen molar-refractivity contribution in [3.8, 4) is 0 Å². The number of carbonyl (C=O) groups is 2. The van der Waals surface area contributed by atoms with E-state index >= 15 is 0 Å². The fourth-order valence-electron chi connectivity index (χ4n) is 2.57. The van der Waals surface area contributed by atoms with Crippen LogP contribution in [0.1, 0.15) is 28.8 Å². The quantitative estimate of drug-likeness (QED) is 0.625. The summed E-state index contributed by atoms with van der Waals surface area (Å²) in [5.41, 5.74) is 0.190. The highest BCUT2D eigenvalue weighted by atomic mass is 16.6. The number of carboxylic acid groups (broad SMARTS) is 1. The van der Waals surface area contributed by atoms with Crippen molar-refractivity contribution >= 4 is 23.4 Å². The predicted octanol–water partition coefficient (Wildman–Crippen LogP) is 3.60. The average molecular weight is 356 g/mol. The lowest BCUT2D eigenvalue weighted by Gasteiger charge is -2.22. The molecular weight excluding hydrogens is 340 g/mol. The Labute approximate surface area is 148 Å². The molecule has 0 heterocycles. The van der Waals surface area contributed by atoms with E-state index in [1.54, 1.807) is 12.1 Å². The number of benzene rings is 2. The molecule has 1 fully saturated rings. The highest BCUT2D eigenvalue weighted by Crippen LogP contribution is 2.38. The normalized spacial score (nSPS) is 13.1. The molecule has 0 atom stereocenters. The number of nitrogens with zero attached hydrogens (tertiary/aromatic N) is 2. The largest absolute Gasteiger partial charge is 0.478 e. The molecule has 134 valence electrons. The SMILES string of the molecule is O=C(O)c1ccc(N(C(=O)OCc2ccccc2)C2CC2)c([N+](=O)[O-])c1. The van der Waals surface area contributed by atoms with Gasteiger partial charge in [0.2, 0.25) is 0 Å². The number of aromatic carboxylic acids is 1. The van der Waals surface area contributed by atoms with E-state index in [1.165, 1.54) is 17.0 Å². The zero-order valence-electron chi connectivity index (χ0n) is 13.7. The molecule has 1 saturated carbocycles.